The van der Waals surface area contributed by atoms with E-state index < -0.39 is 5.82 Å². The van der Waals surface area contributed by atoms with Gasteiger partial charge in [0, 0.05) is 19.8 Å². The van der Waals surface area contributed by atoms with Gasteiger partial charge >= 0.3 is 0 Å². The summed E-state index contributed by atoms with van der Waals surface area (Å²) in [5.74, 6) is -0.488. The Morgan fingerprint density at radius 1 is 1.53 bits per heavy atom. The van der Waals surface area contributed by atoms with Crippen molar-refractivity contribution in [2.75, 3.05) is 5.32 Å². The first-order valence-corrected chi connectivity index (χ1v) is 5.10. The number of halogens is 1. The Balaban J connectivity index is 2.07. The molecule has 86 valence electrons. The summed E-state index contributed by atoms with van der Waals surface area (Å²) < 4.78 is 14.8. The van der Waals surface area contributed by atoms with Crippen LogP contribution in [0.5, 0.6) is 0 Å². The van der Waals surface area contributed by atoms with Gasteiger partial charge in [-0.05, 0) is 17.7 Å². The molecule has 0 radical (unpaired) electrons. The van der Waals surface area contributed by atoms with Crippen LogP contribution in [0.15, 0.2) is 30.6 Å². The summed E-state index contributed by atoms with van der Waals surface area (Å²) in [6, 6.07) is 6.32. The number of hydrogen-bond donors (Lipinski definition) is 1. The van der Waals surface area contributed by atoms with Crippen molar-refractivity contribution in [1.29, 1.82) is 5.26 Å². The molecular weight excluding hydrogens is 219 g/mol. The Labute approximate surface area is 98.3 Å². The zero-order valence-corrected chi connectivity index (χ0v) is 9.31. The zero-order chi connectivity index (χ0) is 12.3. The standard InChI is InChI=1S/C12H11FN4/c1-17-8-11(7-16-17)15-6-9-2-3-12(13)10(4-9)5-14/h2-4,7-8,15H,6H2,1H3. The van der Waals surface area contributed by atoms with Crippen molar-refractivity contribution in [3.63, 3.8) is 0 Å². The predicted octanol–water partition coefficient (Wildman–Crippen LogP) is 2.04. The Kier molecular flexibility index (Phi) is 3.06. The van der Waals surface area contributed by atoms with E-state index in [2.05, 4.69) is 10.4 Å². The van der Waals surface area contributed by atoms with Crippen molar-refractivity contribution < 1.29 is 4.39 Å². The third-order valence-corrected chi connectivity index (χ3v) is 2.35. The molecule has 0 saturated carbocycles. The van der Waals surface area contributed by atoms with Crippen molar-refractivity contribution >= 4 is 5.69 Å². The molecule has 2 aromatic rings. The number of nitriles is 1. The molecule has 0 aliphatic heterocycles. The van der Waals surface area contributed by atoms with Gasteiger partial charge in [0.25, 0.3) is 0 Å². The monoisotopic (exact) mass is 230 g/mol. The highest BCUT2D eigenvalue weighted by molar-refractivity contribution is 5.41. The van der Waals surface area contributed by atoms with Crippen LogP contribution < -0.4 is 5.32 Å². The van der Waals surface area contributed by atoms with Crippen LogP contribution in [0.4, 0.5) is 10.1 Å². The average molecular weight is 230 g/mol. The van der Waals surface area contributed by atoms with Crippen LogP contribution in [-0.2, 0) is 13.6 Å². The topological polar surface area (TPSA) is 53.6 Å². The van der Waals surface area contributed by atoms with Gasteiger partial charge < -0.3 is 5.32 Å². The second kappa shape index (κ2) is 4.66. The van der Waals surface area contributed by atoms with Crippen molar-refractivity contribution in [3.8, 4) is 6.07 Å². The number of aromatic nitrogens is 2. The van der Waals surface area contributed by atoms with E-state index >= 15 is 0 Å². The number of nitrogens with one attached hydrogen (secondary N) is 1. The van der Waals surface area contributed by atoms with E-state index in [1.807, 2.05) is 19.3 Å². The Bertz CT molecular complexity index is 568. The summed E-state index contributed by atoms with van der Waals surface area (Å²) in [6.45, 7) is 0.528. The van der Waals surface area contributed by atoms with Crippen molar-refractivity contribution in [2.24, 2.45) is 7.05 Å². The second-order valence-corrected chi connectivity index (χ2v) is 3.68. The molecule has 0 atom stereocenters. The molecule has 1 aromatic carbocycles. The number of nitrogens with zero attached hydrogens (tertiary/aromatic N) is 3. The third-order valence-electron chi connectivity index (χ3n) is 2.35. The van der Waals surface area contributed by atoms with Crippen LogP contribution in [0, 0.1) is 17.1 Å². The van der Waals surface area contributed by atoms with Crippen molar-refractivity contribution in [3.05, 3.63) is 47.5 Å². The highest BCUT2D eigenvalue weighted by Crippen LogP contribution is 2.12. The number of rotatable bonds is 3. The van der Waals surface area contributed by atoms with E-state index in [0.29, 0.717) is 6.54 Å². The highest BCUT2D eigenvalue weighted by atomic mass is 19.1. The normalized spacial score (nSPS) is 9.94. The lowest BCUT2D eigenvalue weighted by atomic mass is 10.1. The van der Waals surface area contributed by atoms with Crippen molar-refractivity contribution in [1.82, 2.24) is 9.78 Å². The van der Waals surface area contributed by atoms with Gasteiger partial charge in [0.15, 0.2) is 0 Å². The predicted molar refractivity (Wildman–Crippen MR) is 61.6 cm³/mol. The fourth-order valence-corrected chi connectivity index (χ4v) is 1.48. The molecular formula is C12H11FN4. The highest BCUT2D eigenvalue weighted by Gasteiger charge is 2.03. The maximum atomic E-state index is 13.1. The summed E-state index contributed by atoms with van der Waals surface area (Å²) in [4.78, 5) is 0. The SMILES string of the molecule is Cn1cc(NCc2ccc(F)c(C#N)c2)cn1. The molecule has 0 amide bonds. The molecule has 0 saturated heterocycles. The molecule has 1 N–H and O–H groups in total. The number of hydrogen-bond acceptors (Lipinski definition) is 3. The maximum Gasteiger partial charge on any atom is 0.140 e. The van der Waals surface area contributed by atoms with Crippen LogP contribution in [-0.4, -0.2) is 9.78 Å². The molecule has 0 bridgehead atoms. The Morgan fingerprint density at radius 3 is 3.00 bits per heavy atom. The van der Waals surface area contributed by atoms with Crippen LogP contribution in [0.1, 0.15) is 11.1 Å². The first-order valence-electron chi connectivity index (χ1n) is 5.10. The van der Waals surface area contributed by atoms with Crippen LogP contribution in [0.25, 0.3) is 0 Å². The summed E-state index contributed by atoms with van der Waals surface area (Å²) >= 11 is 0. The molecule has 1 heterocycles. The van der Waals surface area contributed by atoms with Crippen LogP contribution in [0.2, 0.25) is 0 Å². The lowest BCUT2D eigenvalue weighted by Crippen LogP contribution is -1.99. The number of benzene rings is 1. The van der Waals surface area contributed by atoms with Crippen LogP contribution >= 0.6 is 0 Å². The van der Waals surface area contributed by atoms with Gasteiger partial charge in [-0.3, -0.25) is 4.68 Å². The maximum absolute atomic E-state index is 13.1. The number of aryl methyl sites for hydroxylation is 1. The molecule has 4 nitrogen and oxygen atoms in total. The zero-order valence-electron chi connectivity index (χ0n) is 9.31. The minimum atomic E-state index is -0.488. The van der Waals surface area contributed by atoms with Gasteiger partial charge in [0.2, 0.25) is 0 Å². The van der Waals surface area contributed by atoms with Gasteiger partial charge in [0.05, 0.1) is 17.4 Å². The lowest BCUT2D eigenvalue weighted by Gasteiger charge is -2.04. The van der Waals surface area contributed by atoms with E-state index in [9.17, 15) is 4.39 Å². The van der Waals surface area contributed by atoms with Gasteiger partial charge in [-0.1, -0.05) is 6.07 Å². The molecule has 1 aromatic heterocycles. The van der Waals surface area contributed by atoms with E-state index in [1.54, 1.807) is 23.0 Å². The summed E-state index contributed by atoms with van der Waals surface area (Å²) in [5.41, 5.74) is 1.80. The van der Waals surface area contributed by atoms with E-state index in [0.717, 1.165) is 11.3 Å². The van der Waals surface area contributed by atoms with E-state index in [1.165, 1.54) is 6.07 Å². The third kappa shape index (κ3) is 2.61. The largest absolute Gasteiger partial charge is 0.378 e. The van der Waals surface area contributed by atoms with Gasteiger partial charge in [-0.25, -0.2) is 4.39 Å². The number of anilines is 1. The average Bonchev–Trinajstić information content (AvgIpc) is 2.74. The summed E-state index contributed by atoms with van der Waals surface area (Å²) in [6.07, 6.45) is 3.55. The quantitative estimate of drug-likeness (QED) is 0.877. The molecule has 0 aliphatic rings. The Hall–Kier alpha value is -2.35. The van der Waals surface area contributed by atoms with E-state index in [-0.39, 0.29) is 5.56 Å². The van der Waals surface area contributed by atoms with Gasteiger partial charge in [-0.2, -0.15) is 10.4 Å². The minimum absolute atomic E-state index is 0.0653. The lowest BCUT2D eigenvalue weighted by molar-refractivity contribution is 0.623. The first kappa shape index (κ1) is 11.1. The van der Waals surface area contributed by atoms with E-state index in [4.69, 9.17) is 5.26 Å². The molecule has 17 heavy (non-hydrogen) atoms. The minimum Gasteiger partial charge on any atom is -0.378 e. The molecule has 2 rings (SSSR count). The molecule has 0 spiro atoms. The molecule has 0 aliphatic carbocycles. The summed E-state index contributed by atoms with van der Waals surface area (Å²) in [5, 5.41) is 15.9. The Morgan fingerprint density at radius 2 is 2.35 bits per heavy atom. The first-order chi connectivity index (χ1) is 8.19. The summed E-state index contributed by atoms with van der Waals surface area (Å²) in [7, 11) is 1.83. The second-order valence-electron chi connectivity index (χ2n) is 3.68. The fraction of sp³-hybridized carbons (Fsp3) is 0.167. The fourth-order valence-electron chi connectivity index (χ4n) is 1.48. The van der Waals surface area contributed by atoms with Gasteiger partial charge in [0.1, 0.15) is 11.9 Å². The molecule has 0 fully saturated rings. The van der Waals surface area contributed by atoms with Gasteiger partial charge in [-0.15, -0.1) is 0 Å². The molecule has 5 heteroatoms. The smallest absolute Gasteiger partial charge is 0.140 e. The van der Waals surface area contributed by atoms with Crippen molar-refractivity contribution in [2.45, 2.75) is 6.54 Å². The van der Waals surface area contributed by atoms with Crippen LogP contribution in [0.3, 0.4) is 0 Å². The molecule has 0 unspecified atom stereocenters.